The lowest BCUT2D eigenvalue weighted by molar-refractivity contribution is -0.137. The first-order valence-electron chi connectivity index (χ1n) is 18.1. The number of likely N-dealkylation sites (tertiary alicyclic amines) is 1. The number of rotatable bonds is 6. The summed E-state index contributed by atoms with van der Waals surface area (Å²) in [5.74, 6) is 1.27. The summed E-state index contributed by atoms with van der Waals surface area (Å²) >= 11 is 0. The molecule has 322 valence electrons. The van der Waals surface area contributed by atoms with E-state index in [9.17, 15) is 19.2 Å². The fourth-order valence-corrected chi connectivity index (χ4v) is 6.59. The fourth-order valence-electron chi connectivity index (χ4n) is 6.59. The maximum absolute atomic E-state index is 14.0. The summed E-state index contributed by atoms with van der Waals surface area (Å²) in [7, 11) is 2.83. The minimum Gasteiger partial charge on any atom is -0.453 e. The van der Waals surface area contributed by atoms with Gasteiger partial charge in [0.25, 0.3) is 5.56 Å². The Hall–Kier alpha value is -4.39. The zero-order valence-electron chi connectivity index (χ0n) is 32.4. The Morgan fingerprint density at radius 2 is 1.57 bits per heavy atom. The number of hydrogen-bond donors (Lipinski definition) is 3. The van der Waals surface area contributed by atoms with Crippen molar-refractivity contribution in [2.24, 2.45) is 11.8 Å². The molecule has 6 rings (SSSR count). The SMILES string of the molecule is C.C.COC(=O)N[C@H]1COCCCCOn2c(ccc(-c3ccc(-c4cnc([C@@H]5CCCN5C(=O)[C@@H](C)C(C)C)[nH]4)cc3)c2=O)-c2cnc([nH]2)CN(C)C1=O.S.S.S. The predicted molar refractivity (Wildman–Crippen MR) is 241 cm³/mol. The Morgan fingerprint density at radius 1 is 0.897 bits per heavy atom. The van der Waals surface area contributed by atoms with Crippen molar-refractivity contribution in [2.75, 3.05) is 40.5 Å². The van der Waals surface area contributed by atoms with Crippen LogP contribution in [0.25, 0.3) is 33.8 Å². The third-order valence-corrected chi connectivity index (χ3v) is 10.0. The predicted octanol–water partition coefficient (Wildman–Crippen LogP) is 5.78. The smallest absolute Gasteiger partial charge is 0.407 e. The summed E-state index contributed by atoms with van der Waals surface area (Å²) in [4.78, 5) is 77.6. The molecular formula is C40H62N8O7S3. The summed E-state index contributed by atoms with van der Waals surface area (Å²) in [6.07, 6.45) is 5.63. The zero-order valence-corrected chi connectivity index (χ0v) is 35.4. The summed E-state index contributed by atoms with van der Waals surface area (Å²) in [6.45, 7) is 7.50. The highest BCUT2D eigenvalue weighted by atomic mass is 32.1. The Balaban J connectivity index is 0.00000336. The van der Waals surface area contributed by atoms with Gasteiger partial charge in [-0.15, -0.1) is 4.73 Å². The number of alkyl carbamates (subject to hydrolysis) is 1. The van der Waals surface area contributed by atoms with Crippen molar-refractivity contribution in [3.05, 3.63) is 70.8 Å². The van der Waals surface area contributed by atoms with Gasteiger partial charge < -0.3 is 39.4 Å². The van der Waals surface area contributed by atoms with Gasteiger partial charge in [-0.05, 0) is 54.9 Å². The minimum absolute atomic E-state index is 0. The van der Waals surface area contributed by atoms with Crippen molar-refractivity contribution in [2.45, 2.75) is 79.9 Å². The molecular weight excluding hydrogens is 801 g/mol. The molecule has 3 atom stereocenters. The van der Waals surface area contributed by atoms with Crippen LogP contribution in [0.3, 0.4) is 0 Å². The number of methoxy groups -OCH3 is 1. The number of hydrogen-bond acceptors (Lipinski definition) is 9. The van der Waals surface area contributed by atoms with Gasteiger partial charge in [0, 0.05) is 26.1 Å². The van der Waals surface area contributed by atoms with Gasteiger partial charge in [-0.1, -0.05) is 59.9 Å². The van der Waals surface area contributed by atoms with Crippen molar-refractivity contribution < 1.29 is 28.7 Å². The molecule has 0 radical (unpaired) electrons. The number of aromatic nitrogens is 5. The maximum atomic E-state index is 14.0. The zero-order chi connectivity index (χ0) is 37.6. The molecule has 0 saturated carbocycles. The second kappa shape index (κ2) is 23.3. The molecule has 2 bridgehead atoms. The van der Waals surface area contributed by atoms with E-state index in [2.05, 4.69) is 43.8 Å². The molecule has 0 unspecified atom stereocenters. The highest BCUT2D eigenvalue weighted by Gasteiger charge is 2.35. The summed E-state index contributed by atoms with van der Waals surface area (Å²) in [6, 6.07) is 10.2. The number of H-pyrrole nitrogens is 2. The molecule has 4 aromatic rings. The van der Waals surface area contributed by atoms with E-state index in [1.807, 2.05) is 36.1 Å². The van der Waals surface area contributed by atoms with Gasteiger partial charge in [0.15, 0.2) is 0 Å². The van der Waals surface area contributed by atoms with E-state index in [1.165, 1.54) is 16.7 Å². The molecule has 58 heavy (non-hydrogen) atoms. The number of ether oxygens (including phenoxy) is 2. The minimum atomic E-state index is -0.937. The average molecular weight is 863 g/mol. The van der Waals surface area contributed by atoms with E-state index in [4.69, 9.17) is 9.57 Å². The van der Waals surface area contributed by atoms with Crippen molar-refractivity contribution in [3.8, 4) is 33.8 Å². The van der Waals surface area contributed by atoms with Crippen LogP contribution >= 0.6 is 40.5 Å². The average Bonchev–Trinajstić information content (AvgIpc) is 3.95. The van der Waals surface area contributed by atoms with E-state index in [-0.39, 0.29) is 110 Å². The molecule has 3 amide bonds. The number of carbonyl (C=O) groups is 3. The number of likely N-dealkylation sites (N-methyl/N-ethyl adjacent to an activating group) is 1. The first-order chi connectivity index (χ1) is 25.5. The van der Waals surface area contributed by atoms with Crippen molar-refractivity contribution in [3.63, 3.8) is 0 Å². The van der Waals surface area contributed by atoms with Gasteiger partial charge in [0.05, 0.1) is 55.6 Å². The van der Waals surface area contributed by atoms with E-state index >= 15 is 0 Å². The molecule has 2 aliphatic heterocycles. The number of pyridine rings is 1. The van der Waals surface area contributed by atoms with Gasteiger partial charge in [-0.2, -0.15) is 40.5 Å². The van der Waals surface area contributed by atoms with Gasteiger partial charge in [0.2, 0.25) is 11.8 Å². The second-order valence-electron chi connectivity index (χ2n) is 14.0. The molecule has 3 aromatic heterocycles. The Bertz CT molecular complexity index is 1980. The van der Waals surface area contributed by atoms with Gasteiger partial charge in [-0.3, -0.25) is 14.4 Å². The first kappa shape index (κ1) is 51.6. The molecule has 1 saturated heterocycles. The van der Waals surface area contributed by atoms with E-state index in [0.717, 1.165) is 36.5 Å². The normalized spacial score (nSPS) is 17.4. The van der Waals surface area contributed by atoms with Gasteiger partial charge in [0.1, 0.15) is 30.0 Å². The monoisotopic (exact) mass is 862 g/mol. The lowest BCUT2D eigenvalue weighted by Gasteiger charge is -2.27. The van der Waals surface area contributed by atoms with Crippen molar-refractivity contribution in [1.29, 1.82) is 0 Å². The molecule has 2 aliphatic rings. The molecule has 3 N–H and O–H groups in total. The van der Waals surface area contributed by atoms with Crippen LogP contribution in [0.2, 0.25) is 0 Å². The van der Waals surface area contributed by atoms with Crippen LogP contribution in [0, 0.1) is 11.8 Å². The third-order valence-electron chi connectivity index (χ3n) is 10.0. The van der Waals surface area contributed by atoms with E-state index < -0.39 is 12.1 Å². The maximum Gasteiger partial charge on any atom is 0.407 e. The molecule has 0 aliphatic carbocycles. The number of nitrogens with zero attached hydrogens (tertiary/aromatic N) is 5. The summed E-state index contributed by atoms with van der Waals surface area (Å²) < 4.78 is 11.7. The molecule has 5 heterocycles. The van der Waals surface area contributed by atoms with Crippen LogP contribution in [0.1, 0.15) is 79.0 Å². The van der Waals surface area contributed by atoms with Gasteiger partial charge in [-0.25, -0.2) is 14.8 Å². The van der Waals surface area contributed by atoms with Crippen LogP contribution in [-0.2, 0) is 25.6 Å². The van der Waals surface area contributed by atoms with Crippen molar-refractivity contribution >= 4 is 58.4 Å². The second-order valence-corrected chi connectivity index (χ2v) is 14.0. The highest BCUT2D eigenvalue weighted by Crippen LogP contribution is 2.34. The molecule has 18 heteroatoms. The van der Waals surface area contributed by atoms with E-state index in [0.29, 0.717) is 47.8 Å². The number of nitrogens with one attached hydrogen (secondary N) is 3. The number of amides is 3. The Kier molecular flexibility index (Phi) is 20.7. The fraction of sp³-hybridized carbons (Fsp3) is 0.500. The summed E-state index contributed by atoms with van der Waals surface area (Å²) in [5.41, 5.74) is 3.59. The lowest BCUT2D eigenvalue weighted by atomic mass is 9.96. The van der Waals surface area contributed by atoms with Crippen LogP contribution in [-0.4, -0.2) is 98.9 Å². The number of fused-ring (bicyclic) bond motifs is 4. The Morgan fingerprint density at radius 3 is 2.26 bits per heavy atom. The summed E-state index contributed by atoms with van der Waals surface area (Å²) in [5, 5.41) is 2.54. The van der Waals surface area contributed by atoms with Crippen LogP contribution in [0.15, 0.2) is 53.6 Å². The standard InChI is InChI=1S/C38H48N8O7.2CH4.3H2S/c1-23(2)24(3)35(47)45-16-8-9-32(45)34-40-19-28(42-34)26-12-10-25(11-13-26)27-14-15-31-29-20-39-33(41-29)21-44(4)37(49)30(43-38(50)51-5)22-52-17-6-7-18-53-46(31)36(27)48;;;;;/h10-15,19-20,23-24,30,32H,6-9,16-18,21-22H2,1-5H3,(H,39,41)(H,40,42)(H,43,50);2*1H4;3*1H2/t24-,30-,32-;;;;;/m0...../s1. The van der Waals surface area contributed by atoms with Crippen LogP contribution in [0.4, 0.5) is 4.79 Å². The van der Waals surface area contributed by atoms with Crippen molar-refractivity contribution in [1.82, 2.24) is 39.8 Å². The Labute approximate surface area is 362 Å². The molecule has 15 nitrogen and oxygen atoms in total. The first-order valence-corrected chi connectivity index (χ1v) is 18.1. The van der Waals surface area contributed by atoms with Crippen LogP contribution < -0.4 is 15.7 Å². The number of benzene rings is 1. The van der Waals surface area contributed by atoms with Gasteiger partial charge >= 0.3 is 6.09 Å². The molecule has 0 spiro atoms. The lowest BCUT2D eigenvalue weighted by Crippen LogP contribution is -2.49. The van der Waals surface area contributed by atoms with Crippen LogP contribution in [0.5, 0.6) is 0 Å². The topological polar surface area (TPSA) is 177 Å². The largest absolute Gasteiger partial charge is 0.453 e. The molecule has 1 fully saturated rings. The van der Waals surface area contributed by atoms with E-state index in [1.54, 1.807) is 31.6 Å². The number of imidazole rings is 2. The number of carbonyl (C=O) groups excluding carboxylic acids is 3. The molecule has 1 aromatic carbocycles. The third kappa shape index (κ3) is 11.6. The highest BCUT2D eigenvalue weighted by molar-refractivity contribution is 7.59. The quantitative estimate of drug-likeness (QED) is 0.217. The number of aromatic amines is 2.